The van der Waals surface area contributed by atoms with Crippen LogP contribution in [0.3, 0.4) is 0 Å². The summed E-state index contributed by atoms with van der Waals surface area (Å²) >= 11 is 1.43. The number of ether oxygens (including phenoxy) is 1. The molecule has 3 aromatic carbocycles. The molecule has 1 amide bonds. The SMILES string of the molecule is CCOc1cccc2sc(-n3nc(C)cc3NC(=O)c3cc4c(ccc5ccccc54)oc3=O)nc12. The molecule has 6 rings (SSSR count). The normalized spacial score (nSPS) is 11.4. The second-order valence-corrected chi connectivity index (χ2v) is 9.22. The summed E-state index contributed by atoms with van der Waals surface area (Å²) in [6.45, 7) is 4.27. The van der Waals surface area contributed by atoms with Crippen LogP contribution in [0.15, 0.2) is 75.9 Å². The van der Waals surface area contributed by atoms with Crippen LogP contribution in [0.1, 0.15) is 23.0 Å². The topological polar surface area (TPSA) is 99.2 Å². The Morgan fingerprint density at radius 2 is 1.94 bits per heavy atom. The number of hydrogen-bond donors (Lipinski definition) is 1. The standard InChI is InChI=1S/C27H20N4O4S/c1-3-34-21-9-6-10-22-24(21)29-27(36-22)31-23(13-15(2)30-31)28-25(32)19-14-18-17-8-5-4-7-16(17)11-12-20(18)35-26(19)33/h4-14H,3H2,1-2H3,(H,28,32). The van der Waals surface area contributed by atoms with Crippen LogP contribution < -0.4 is 15.7 Å². The Morgan fingerprint density at radius 1 is 1.08 bits per heavy atom. The quantitative estimate of drug-likeness (QED) is 0.243. The van der Waals surface area contributed by atoms with Crippen LogP contribution in [0, 0.1) is 6.92 Å². The van der Waals surface area contributed by atoms with Gasteiger partial charge >= 0.3 is 5.63 Å². The number of carbonyl (C=O) groups excluding carboxylic acids is 1. The van der Waals surface area contributed by atoms with Crippen molar-refractivity contribution in [2.45, 2.75) is 13.8 Å². The van der Waals surface area contributed by atoms with E-state index in [4.69, 9.17) is 14.1 Å². The van der Waals surface area contributed by atoms with E-state index in [1.807, 2.05) is 62.4 Å². The molecule has 3 heterocycles. The fourth-order valence-electron chi connectivity index (χ4n) is 4.22. The fourth-order valence-corrected chi connectivity index (χ4v) is 5.17. The summed E-state index contributed by atoms with van der Waals surface area (Å²) in [6.07, 6.45) is 0. The smallest absolute Gasteiger partial charge is 0.349 e. The molecular weight excluding hydrogens is 476 g/mol. The summed E-state index contributed by atoms with van der Waals surface area (Å²) < 4.78 is 13.7. The number of thiazole rings is 1. The van der Waals surface area contributed by atoms with Crippen LogP contribution in [0.4, 0.5) is 5.82 Å². The molecule has 0 radical (unpaired) electrons. The highest BCUT2D eigenvalue weighted by molar-refractivity contribution is 7.20. The van der Waals surface area contributed by atoms with E-state index in [-0.39, 0.29) is 5.56 Å². The molecule has 0 saturated heterocycles. The van der Waals surface area contributed by atoms with Gasteiger partial charge in [-0.25, -0.2) is 9.78 Å². The summed E-state index contributed by atoms with van der Waals surface area (Å²) in [4.78, 5) is 30.7. The van der Waals surface area contributed by atoms with Crippen molar-refractivity contribution in [2.75, 3.05) is 11.9 Å². The highest BCUT2D eigenvalue weighted by atomic mass is 32.1. The molecule has 0 saturated carbocycles. The predicted molar refractivity (Wildman–Crippen MR) is 141 cm³/mol. The maximum absolute atomic E-state index is 13.3. The summed E-state index contributed by atoms with van der Waals surface area (Å²) in [5.74, 6) is 0.496. The number of nitrogens with zero attached hydrogens (tertiary/aromatic N) is 3. The van der Waals surface area contributed by atoms with Crippen molar-refractivity contribution in [3.8, 4) is 10.9 Å². The summed E-state index contributed by atoms with van der Waals surface area (Å²) in [5, 5.41) is 10.5. The molecule has 0 atom stereocenters. The highest BCUT2D eigenvalue weighted by Gasteiger charge is 2.20. The summed E-state index contributed by atoms with van der Waals surface area (Å²) in [6, 6.07) is 20.4. The van der Waals surface area contributed by atoms with E-state index in [0.29, 0.717) is 40.0 Å². The zero-order valence-corrected chi connectivity index (χ0v) is 20.3. The second kappa shape index (κ2) is 8.62. The van der Waals surface area contributed by atoms with Gasteiger partial charge in [-0.3, -0.25) is 4.79 Å². The number of anilines is 1. The van der Waals surface area contributed by atoms with E-state index < -0.39 is 11.5 Å². The molecule has 6 aromatic rings. The largest absolute Gasteiger partial charge is 0.492 e. The van der Waals surface area contributed by atoms with Gasteiger partial charge in [-0.05, 0) is 48.9 Å². The van der Waals surface area contributed by atoms with Gasteiger partial charge in [-0.2, -0.15) is 9.78 Å². The van der Waals surface area contributed by atoms with Crippen molar-refractivity contribution in [3.05, 3.63) is 88.4 Å². The Hall–Kier alpha value is -4.50. The summed E-state index contributed by atoms with van der Waals surface area (Å²) in [7, 11) is 0. The van der Waals surface area contributed by atoms with E-state index in [2.05, 4.69) is 10.4 Å². The zero-order valence-electron chi connectivity index (χ0n) is 19.4. The lowest BCUT2D eigenvalue weighted by Gasteiger charge is -2.08. The fraction of sp³-hybridized carbons (Fsp3) is 0.111. The molecule has 9 heteroatoms. The predicted octanol–water partition coefficient (Wildman–Crippen LogP) is 5.70. The van der Waals surface area contributed by atoms with Crippen molar-refractivity contribution < 1.29 is 13.9 Å². The Kier molecular flexibility index (Phi) is 5.26. The molecule has 1 N–H and O–H groups in total. The van der Waals surface area contributed by atoms with Gasteiger partial charge in [0.2, 0.25) is 5.13 Å². The van der Waals surface area contributed by atoms with Gasteiger partial charge in [0.1, 0.15) is 28.2 Å². The number of rotatable bonds is 5. The molecule has 0 unspecified atom stereocenters. The lowest BCUT2D eigenvalue weighted by molar-refractivity contribution is 0.102. The van der Waals surface area contributed by atoms with Crippen molar-refractivity contribution in [1.82, 2.24) is 14.8 Å². The van der Waals surface area contributed by atoms with E-state index in [1.165, 1.54) is 11.3 Å². The number of aryl methyl sites for hydroxylation is 1. The molecule has 36 heavy (non-hydrogen) atoms. The first kappa shape index (κ1) is 22.0. The van der Waals surface area contributed by atoms with Crippen LogP contribution >= 0.6 is 11.3 Å². The van der Waals surface area contributed by atoms with Crippen molar-refractivity contribution in [1.29, 1.82) is 0 Å². The number of amides is 1. The first-order chi connectivity index (χ1) is 17.5. The molecule has 3 aromatic heterocycles. The number of carbonyl (C=O) groups is 1. The van der Waals surface area contributed by atoms with Gasteiger partial charge in [0.15, 0.2) is 0 Å². The van der Waals surface area contributed by atoms with Gasteiger partial charge in [0.05, 0.1) is 17.0 Å². The average molecular weight is 497 g/mol. The molecule has 0 bridgehead atoms. The van der Waals surface area contributed by atoms with Crippen molar-refractivity contribution in [2.24, 2.45) is 0 Å². The van der Waals surface area contributed by atoms with Crippen molar-refractivity contribution >= 4 is 55.0 Å². The molecule has 0 fully saturated rings. The third-order valence-corrected chi connectivity index (χ3v) is 6.81. The van der Waals surface area contributed by atoms with Crippen LogP contribution in [-0.2, 0) is 0 Å². The number of hydrogen-bond acceptors (Lipinski definition) is 7. The van der Waals surface area contributed by atoms with Crippen molar-refractivity contribution in [3.63, 3.8) is 0 Å². The minimum absolute atomic E-state index is 0.0906. The van der Waals surface area contributed by atoms with E-state index in [1.54, 1.807) is 22.9 Å². The first-order valence-electron chi connectivity index (χ1n) is 11.4. The molecule has 0 spiro atoms. The van der Waals surface area contributed by atoms with Crippen LogP contribution in [0.2, 0.25) is 0 Å². The first-order valence-corrected chi connectivity index (χ1v) is 12.2. The lowest BCUT2D eigenvalue weighted by atomic mass is 10.0. The van der Waals surface area contributed by atoms with E-state index >= 15 is 0 Å². The number of benzene rings is 3. The second-order valence-electron chi connectivity index (χ2n) is 8.22. The number of aromatic nitrogens is 3. The van der Waals surface area contributed by atoms with Gasteiger partial charge in [-0.15, -0.1) is 0 Å². The minimum atomic E-state index is -0.709. The molecule has 0 aliphatic carbocycles. The average Bonchev–Trinajstić information content (AvgIpc) is 3.47. The lowest BCUT2D eigenvalue weighted by Crippen LogP contribution is -2.22. The van der Waals surface area contributed by atoms with Crippen LogP contribution in [0.5, 0.6) is 5.75 Å². The van der Waals surface area contributed by atoms with Gasteiger partial charge in [0, 0.05) is 11.5 Å². The van der Waals surface area contributed by atoms with Gasteiger partial charge < -0.3 is 14.5 Å². The Balaban J connectivity index is 1.40. The maximum atomic E-state index is 13.3. The third kappa shape index (κ3) is 3.70. The Labute approximate surface area is 208 Å². The number of nitrogens with one attached hydrogen (secondary N) is 1. The molecular formula is C27H20N4O4S. The minimum Gasteiger partial charge on any atom is -0.492 e. The maximum Gasteiger partial charge on any atom is 0.349 e. The van der Waals surface area contributed by atoms with E-state index in [0.717, 1.165) is 21.0 Å². The van der Waals surface area contributed by atoms with Crippen LogP contribution in [0.25, 0.3) is 37.1 Å². The highest BCUT2D eigenvalue weighted by Crippen LogP contribution is 2.33. The van der Waals surface area contributed by atoms with Crippen LogP contribution in [-0.4, -0.2) is 27.3 Å². The number of fused-ring (bicyclic) bond motifs is 4. The molecule has 0 aliphatic rings. The molecule has 178 valence electrons. The Morgan fingerprint density at radius 3 is 2.81 bits per heavy atom. The van der Waals surface area contributed by atoms with Gasteiger partial charge in [0.25, 0.3) is 5.91 Å². The molecule has 8 nitrogen and oxygen atoms in total. The third-order valence-electron chi connectivity index (χ3n) is 5.81. The van der Waals surface area contributed by atoms with Gasteiger partial charge in [-0.1, -0.05) is 47.7 Å². The zero-order chi connectivity index (χ0) is 24.8. The van der Waals surface area contributed by atoms with E-state index in [9.17, 15) is 9.59 Å². The molecule has 0 aliphatic heterocycles. The number of para-hydroxylation sites is 1. The Bertz CT molecular complexity index is 1850. The monoisotopic (exact) mass is 496 g/mol. The summed E-state index contributed by atoms with van der Waals surface area (Å²) in [5.41, 5.74) is 1.04.